The van der Waals surface area contributed by atoms with Gasteiger partial charge in [-0.2, -0.15) is 0 Å². The van der Waals surface area contributed by atoms with Crippen molar-refractivity contribution in [1.29, 1.82) is 0 Å². The Balaban J connectivity index is 1.92. The lowest BCUT2D eigenvalue weighted by Gasteiger charge is -2.07. The Morgan fingerprint density at radius 2 is 1.71 bits per heavy atom. The average Bonchev–Trinajstić information content (AvgIpc) is 3.16. The van der Waals surface area contributed by atoms with Gasteiger partial charge in [0.25, 0.3) is 5.91 Å². The number of halogens is 1. The Kier molecular flexibility index (Phi) is 5.37. The van der Waals surface area contributed by atoms with Crippen LogP contribution in [0, 0.1) is 5.82 Å². The molecule has 3 aromatic carbocycles. The van der Waals surface area contributed by atoms with E-state index in [9.17, 15) is 14.0 Å². The van der Waals surface area contributed by atoms with E-state index in [0.29, 0.717) is 27.9 Å². The summed E-state index contributed by atoms with van der Waals surface area (Å²) in [5.74, 6) is -1.39. The molecule has 0 radical (unpaired) electrons. The topological polar surface area (TPSA) is 79.5 Å². The second-order valence-corrected chi connectivity index (χ2v) is 6.86. The molecule has 0 aliphatic heterocycles. The summed E-state index contributed by atoms with van der Waals surface area (Å²) in [5, 5.41) is 12.2. The number of nitrogens with one attached hydrogen (secondary N) is 1. The molecule has 0 unspecified atom stereocenters. The van der Waals surface area contributed by atoms with Gasteiger partial charge in [0.15, 0.2) is 0 Å². The van der Waals surface area contributed by atoms with E-state index in [1.807, 2.05) is 36.4 Å². The van der Waals surface area contributed by atoms with Crippen molar-refractivity contribution in [3.63, 3.8) is 0 Å². The highest BCUT2D eigenvalue weighted by molar-refractivity contribution is 6.12. The summed E-state index contributed by atoms with van der Waals surface area (Å²) in [5.41, 5.74) is 3.80. The van der Waals surface area contributed by atoms with Gasteiger partial charge in [-0.05, 0) is 59.2 Å². The molecule has 4 rings (SSSR count). The van der Waals surface area contributed by atoms with Crippen molar-refractivity contribution in [2.45, 2.75) is 0 Å². The van der Waals surface area contributed by atoms with Crippen LogP contribution in [0.2, 0.25) is 0 Å². The highest BCUT2D eigenvalue weighted by Crippen LogP contribution is 2.37. The lowest BCUT2D eigenvalue weighted by atomic mass is 9.96. The zero-order valence-corrected chi connectivity index (χ0v) is 16.6. The number of fused-ring (bicyclic) bond motifs is 1. The number of carbonyl (C=O) groups excluding carboxylic acids is 1. The fourth-order valence-corrected chi connectivity index (χ4v) is 3.49. The van der Waals surface area contributed by atoms with Crippen molar-refractivity contribution in [1.82, 2.24) is 5.32 Å². The molecule has 154 valence electrons. The van der Waals surface area contributed by atoms with E-state index in [0.717, 1.165) is 22.8 Å². The number of rotatable bonds is 5. The molecule has 5 nitrogen and oxygen atoms in total. The molecule has 0 spiro atoms. The quantitative estimate of drug-likeness (QED) is 0.430. The van der Waals surface area contributed by atoms with E-state index in [1.165, 1.54) is 25.3 Å². The maximum atomic E-state index is 13.4. The highest BCUT2D eigenvalue weighted by Gasteiger charge is 2.22. The largest absolute Gasteiger partial charge is 0.478 e. The lowest BCUT2D eigenvalue weighted by Crippen LogP contribution is -2.18. The fourth-order valence-electron chi connectivity index (χ4n) is 3.49. The molecule has 1 heterocycles. The first-order valence-corrected chi connectivity index (χ1v) is 9.53. The smallest absolute Gasteiger partial charge is 0.328 e. The van der Waals surface area contributed by atoms with Crippen molar-refractivity contribution in [2.75, 3.05) is 7.05 Å². The van der Waals surface area contributed by atoms with Crippen LogP contribution < -0.4 is 5.32 Å². The number of carbonyl (C=O) groups is 2. The first-order chi connectivity index (χ1) is 15.0. The predicted molar refractivity (Wildman–Crippen MR) is 117 cm³/mol. The molecule has 6 heteroatoms. The summed E-state index contributed by atoms with van der Waals surface area (Å²) in [7, 11) is 1.53. The van der Waals surface area contributed by atoms with Crippen LogP contribution in [-0.4, -0.2) is 24.0 Å². The van der Waals surface area contributed by atoms with Crippen molar-refractivity contribution in [3.8, 4) is 22.5 Å². The summed E-state index contributed by atoms with van der Waals surface area (Å²) in [6.45, 7) is 0. The fraction of sp³-hybridized carbons (Fsp3) is 0.0400. The van der Waals surface area contributed by atoms with Gasteiger partial charge in [0.2, 0.25) is 0 Å². The van der Waals surface area contributed by atoms with Crippen LogP contribution in [0.4, 0.5) is 4.39 Å². The summed E-state index contributed by atoms with van der Waals surface area (Å²) < 4.78 is 19.3. The molecule has 1 aromatic heterocycles. The number of amides is 1. The minimum absolute atomic E-state index is 0.325. The van der Waals surface area contributed by atoms with Crippen LogP contribution in [-0.2, 0) is 4.79 Å². The van der Waals surface area contributed by atoms with E-state index in [-0.39, 0.29) is 11.7 Å². The number of benzene rings is 3. The van der Waals surface area contributed by atoms with Gasteiger partial charge in [-0.15, -0.1) is 0 Å². The van der Waals surface area contributed by atoms with Crippen molar-refractivity contribution >= 4 is 28.9 Å². The van der Waals surface area contributed by atoms with E-state index in [2.05, 4.69) is 5.32 Å². The summed E-state index contributed by atoms with van der Waals surface area (Å²) in [6.07, 6.45) is 2.61. The van der Waals surface area contributed by atoms with Crippen LogP contribution >= 0.6 is 0 Å². The molecule has 0 atom stereocenters. The first-order valence-electron chi connectivity index (χ1n) is 9.53. The molecule has 0 saturated carbocycles. The lowest BCUT2D eigenvalue weighted by molar-refractivity contribution is -0.131. The molecule has 4 aromatic rings. The van der Waals surface area contributed by atoms with Crippen LogP contribution in [0.15, 0.2) is 77.2 Å². The van der Waals surface area contributed by atoms with Gasteiger partial charge >= 0.3 is 5.97 Å². The molecule has 1 amide bonds. The van der Waals surface area contributed by atoms with Gasteiger partial charge in [0.05, 0.1) is 5.56 Å². The van der Waals surface area contributed by atoms with E-state index < -0.39 is 5.97 Å². The van der Waals surface area contributed by atoms with E-state index in [4.69, 9.17) is 9.52 Å². The molecular weight excluding hydrogens is 397 g/mol. The minimum atomic E-state index is -1.04. The summed E-state index contributed by atoms with van der Waals surface area (Å²) in [6, 6.07) is 18.6. The highest BCUT2D eigenvalue weighted by atomic mass is 19.1. The van der Waals surface area contributed by atoms with Crippen LogP contribution in [0.1, 0.15) is 15.9 Å². The Bertz CT molecular complexity index is 1320. The summed E-state index contributed by atoms with van der Waals surface area (Å²) in [4.78, 5) is 23.7. The molecule has 31 heavy (non-hydrogen) atoms. The Labute approximate surface area is 177 Å². The third-order valence-corrected chi connectivity index (χ3v) is 4.93. The number of aliphatic carboxylic acids is 1. The normalized spacial score (nSPS) is 11.2. The Morgan fingerprint density at radius 1 is 1.00 bits per heavy atom. The molecule has 0 saturated heterocycles. The van der Waals surface area contributed by atoms with Crippen molar-refractivity contribution in [2.24, 2.45) is 0 Å². The van der Waals surface area contributed by atoms with Gasteiger partial charge in [0.1, 0.15) is 17.2 Å². The van der Waals surface area contributed by atoms with E-state index in [1.54, 1.807) is 18.2 Å². The molecular formula is C25H18FNO4. The van der Waals surface area contributed by atoms with Gasteiger partial charge in [-0.1, -0.05) is 30.3 Å². The number of hydrogen-bond acceptors (Lipinski definition) is 3. The van der Waals surface area contributed by atoms with E-state index >= 15 is 0 Å². The zero-order chi connectivity index (χ0) is 22.0. The second-order valence-electron chi connectivity index (χ2n) is 6.86. The SMILES string of the molecule is CNC(=O)c1c(-c2ccc(F)cc2)oc2ccc(-c3ccccc3C=CC(=O)O)cc12. The van der Waals surface area contributed by atoms with Gasteiger partial charge in [-0.25, -0.2) is 9.18 Å². The maximum absolute atomic E-state index is 13.4. The number of furan rings is 1. The Hall–Kier alpha value is -4.19. The molecule has 2 N–H and O–H groups in total. The Morgan fingerprint density at radius 3 is 2.42 bits per heavy atom. The van der Waals surface area contributed by atoms with Crippen molar-refractivity contribution < 1.29 is 23.5 Å². The average molecular weight is 415 g/mol. The zero-order valence-electron chi connectivity index (χ0n) is 16.6. The maximum Gasteiger partial charge on any atom is 0.328 e. The number of hydrogen-bond donors (Lipinski definition) is 2. The van der Waals surface area contributed by atoms with Crippen LogP contribution in [0.25, 0.3) is 39.5 Å². The molecule has 0 bridgehead atoms. The summed E-state index contributed by atoms with van der Waals surface area (Å²) >= 11 is 0. The van der Waals surface area contributed by atoms with Crippen molar-refractivity contribution in [3.05, 3.63) is 89.8 Å². The minimum Gasteiger partial charge on any atom is -0.478 e. The number of carboxylic acids is 1. The third kappa shape index (κ3) is 3.96. The third-order valence-electron chi connectivity index (χ3n) is 4.93. The van der Waals surface area contributed by atoms with Gasteiger partial charge < -0.3 is 14.8 Å². The van der Waals surface area contributed by atoms with Gasteiger partial charge in [0, 0.05) is 24.1 Å². The monoisotopic (exact) mass is 415 g/mol. The molecule has 0 aliphatic carbocycles. The second kappa shape index (κ2) is 8.28. The van der Waals surface area contributed by atoms with Gasteiger partial charge in [-0.3, -0.25) is 4.79 Å². The standard InChI is InChI=1S/C25H18FNO4/c1-27-25(30)23-20-14-17(19-5-3-2-4-15(19)9-13-22(28)29)8-12-21(20)31-24(23)16-6-10-18(26)11-7-16/h2-14H,1H3,(H,27,30)(H,28,29). The molecule has 0 aliphatic rings. The predicted octanol–water partition coefficient (Wildman–Crippen LogP) is 5.36. The first kappa shape index (κ1) is 20.1. The van der Waals surface area contributed by atoms with Crippen LogP contribution in [0.3, 0.4) is 0 Å². The molecule has 0 fully saturated rings. The number of carboxylic acid groups (broad SMARTS) is 1. The van der Waals surface area contributed by atoms with Crippen LogP contribution in [0.5, 0.6) is 0 Å².